The van der Waals surface area contributed by atoms with E-state index in [-0.39, 0.29) is 5.91 Å². The van der Waals surface area contributed by atoms with Crippen molar-refractivity contribution in [3.8, 4) is 0 Å². The zero-order chi connectivity index (χ0) is 17.0. The van der Waals surface area contributed by atoms with Crippen molar-refractivity contribution in [3.05, 3.63) is 29.2 Å². The Hall–Kier alpha value is -1.91. The van der Waals surface area contributed by atoms with Crippen LogP contribution in [0.2, 0.25) is 0 Å². The average Bonchev–Trinajstić information content (AvgIpc) is 2.54. The van der Waals surface area contributed by atoms with Crippen LogP contribution in [0.25, 0.3) is 0 Å². The number of hydrogen-bond donors (Lipinski definition) is 0. The first kappa shape index (κ1) is 17.4. The predicted octanol–water partition coefficient (Wildman–Crippen LogP) is 2.91. The summed E-state index contributed by atoms with van der Waals surface area (Å²) in [6, 6.07) is 2.03. The van der Waals surface area contributed by atoms with Crippen molar-refractivity contribution in [3.63, 3.8) is 0 Å². The normalized spacial score (nSPS) is 16.2. The monoisotopic (exact) mass is 316 g/mol. The van der Waals surface area contributed by atoms with Crippen LogP contribution in [0.15, 0.2) is 17.7 Å². The molecule has 0 spiro atoms. The van der Waals surface area contributed by atoms with Gasteiger partial charge in [-0.05, 0) is 20.3 Å². The van der Waals surface area contributed by atoms with E-state index in [4.69, 9.17) is 4.98 Å². The number of anilines is 1. The highest BCUT2D eigenvalue weighted by molar-refractivity contribution is 5.92. The standard InChI is InChI=1S/C18H28N4O/c1-6-7-14(4)18(23)22-10-8-21(9-11-22)16-12-15(5)19-17(20-16)13(2)3/h7,12-13H,6,8-11H2,1-5H3. The maximum Gasteiger partial charge on any atom is 0.249 e. The van der Waals surface area contributed by atoms with Gasteiger partial charge < -0.3 is 9.80 Å². The van der Waals surface area contributed by atoms with Gasteiger partial charge in [-0.25, -0.2) is 9.97 Å². The topological polar surface area (TPSA) is 49.3 Å². The number of aromatic nitrogens is 2. The van der Waals surface area contributed by atoms with Gasteiger partial charge in [-0.3, -0.25) is 4.79 Å². The second kappa shape index (κ2) is 7.57. The third-order valence-corrected chi connectivity index (χ3v) is 4.11. The molecule has 0 N–H and O–H groups in total. The van der Waals surface area contributed by atoms with Crippen LogP contribution < -0.4 is 4.90 Å². The Bertz CT molecular complexity index is 587. The predicted molar refractivity (Wildman–Crippen MR) is 93.7 cm³/mol. The lowest BCUT2D eigenvalue weighted by Gasteiger charge is -2.35. The molecule has 1 aliphatic rings. The largest absolute Gasteiger partial charge is 0.353 e. The Morgan fingerprint density at radius 3 is 2.48 bits per heavy atom. The molecule has 2 heterocycles. The number of amides is 1. The van der Waals surface area contributed by atoms with Crippen molar-refractivity contribution in [2.24, 2.45) is 0 Å². The van der Waals surface area contributed by atoms with E-state index in [1.807, 2.05) is 30.9 Å². The van der Waals surface area contributed by atoms with Crippen molar-refractivity contribution < 1.29 is 4.79 Å². The molecule has 1 saturated heterocycles. The van der Waals surface area contributed by atoms with E-state index in [9.17, 15) is 4.79 Å². The molecule has 0 saturated carbocycles. The fraction of sp³-hybridized carbons (Fsp3) is 0.611. The molecule has 1 aliphatic heterocycles. The van der Waals surface area contributed by atoms with Crippen LogP contribution in [0, 0.1) is 6.92 Å². The van der Waals surface area contributed by atoms with Gasteiger partial charge >= 0.3 is 0 Å². The highest BCUT2D eigenvalue weighted by atomic mass is 16.2. The molecule has 1 amide bonds. The van der Waals surface area contributed by atoms with Gasteiger partial charge in [0.25, 0.3) is 0 Å². The Kier molecular flexibility index (Phi) is 5.74. The summed E-state index contributed by atoms with van der Waals surface area (Å²) in [6.07, 6.45) is 2.90. The number of carbonyl (C=O) groups excluding carboxylic acids is 1. The summed E-state index contributed by atoms with van der Waals surface area (Å²) in [5.74, 6) is 2.35. The van der Waals surface area contributed by atoms with Gasteiger partial charge in [-0.2, -0.15) is 0 Å². The van der Waals surface area contributed by atoms with Gasteiger partial charge in [-0.1, -0.05) is 26.8 Å². The molecule has 0 aromatic carbocycles. The fourth-order valence-corrected chi connectivity index (χ4v) is 2.78. The summed E-state index contributed by atoms with van der Waals surface area (Å²) in [5, 5.41) is 0. The van der Waals surface area contributed by atoms with Crippen LogP contribution in [0.4, 0.5) is 5.82 Å². The van der Waals surface area contributed by atoms with Gasteiger partial charge in [0.15, 0.2) is 0 Å². The van der Waals surface area contributed by atoms with Gasteiger partial charge in [0, 0.05) is 49.4 Å². The first-order valence-corrected chi connectivity index (χ1v) is 8.49. The van der Waals surface area contributed by atoms with E-state index in [0.29, 0.717) is 5.92 Å². The molecule has 1 aromatic rings. The molecule has 5 nitrogen and oxygen atoms in total. The van der Waals surface area contributed by atoms with Crippen molar-refractivity contribution in [1.82, 2.24) is 14.9 Å². The first-order valence-electron chi connectivity index (χ1n) is 8.49. The number of aryl methyl sites for hydroxylation is 1. The Morgan fingerprint density at radius 1 is 1.26 bits per heavy atom. The molecule has 0 unspecified atom stereocenters. The summed E-state index contributed by atoms with van der Waals surface area (Å²) in [7, 11) is 0. The van der Waals surface area contributed by atoms with Crippen LogP contribution in [0.1, 0.15) is 51.6 Å². The zero-order valence-corrected chi connectivity index (χ0v) is 15.0. The second-order valence-corrected chi connectivity index (χ2v) is 6.46. The van der Waals surface area contributed by atoms with E-state index in [0.717, 1.165) is 55.5 Å². The van der Waals surface area contributed by atoms with E-state index >= 15 is 0 Å². The minimum atomic E-state index is 0.160. The van der Waals surface area contributed by atoms with Crippen LogP contribution in [0.5, 0.6) is 0 Å². The zero-order valence-electron chi connectivity index (χ0n) is 15.0. The van der Waals surface area contributed by atoms with Gasteiger partial charge in [0.2, 0.25) is 5.91 Å². The summed E-state index contributed by atoms with van der Waals surface area (Å²) in [4.78, 5) is 25.7. The molecule has 2 rings (SSSR count). The molecule has 126 valence electrons. The summed E-state index contributed by atoms with van der Waals surface area (Å²) < 4.78 is 0. The maximum atomic E-state index is 12.3. The molecule has 0 atom stereocenters. The lowest BCUT2D eigenvalue weighted by atomic mass is 10.2. The third-order valence-electron chi connectivity index (χ3n) is 4.11. The third kappa shape index (κ3) is 4.30. The summed E-state index contributed by atoms with van der Waals surface area (Å²) in [5.41, 5.74) is 1.85. The van der Waals surface area contributed by atoms with Crippen LogP contribution in [0.3, 0.4) is 0 Å². The number of nitrogens with zero attached hydrogens (tertiary/aromatic N) is 4. The number of rotatable bonds is 4. The molecule has 0 bridgehead atoms. The Morgan fingerprint density at radius 2 is 1.91 bits per heavy atom. The molecule has 5 heteroatoms. The second-order valence-electron chi connectivity index (χ2n) is 6.46. The quantitative estimate of drug-likeness (QED) is 0.802. The molecule has 0 radical (unpaired) electrons. The van der Waals surface area contributed by atoms with Crippen LogP contribution >= 0.6 is 0 Å². The average molecular weight is 316 g/mol. The number of allylic oxidation sites excluding steroid dienone is 1. The summed E-state index contributed by atoms with van der Waals surface area (Å²) in [6.45, 7) is 13.3. The van der Waals surface area contributed by atoms with Gasteiger partial charge in [0.1, 0.15) is 11.6 Å². The molecular weight excluding hydrogens is 288 g/mol. The lowest BCUT2D eigenvalue weighted by Crippen LogP contribution is -2.49. The number of carbonyl (C=O) groups is 1. The SMILES string of the molecule is CCC=C(C)C(=O)N1CCN(c2cc(C)nc(C(C)C)n2)CC1. The van der Waals surface area contributed by atoms with E-state index in [1.165, 1.54) is 0 Å². The van der Waals surface area contributed by atoms with Crippen molar-refractivity contribution in [2.45, 2.75) is 47.0 Å². The first-order chi connectivity index (χ1) is 10.9. The Labute approximate surface area is 139 Å². The number of hydrogen-bond acceptors (Lipinski definition) is 4. The van der Waals surface area contributed by atoms with Crippen LogP contribution in [-0.2, 0) is 4.79 Å². The van der Waals surface area contributed by atoms with Crippen molar-refractivity contribution in [1.29, 1.82) is 0 Å². The Balaban J connectivity index is 2.05. The smallest absolute Gasteiger partial charge is 0.249 e. The molecule has 1 fully saturated rings. The van der Waals surface area contributed by atoms with E-state index < -0.39 is 0 Å². The van der Waals surface area contributed by atoms with Gasteiger partial charge in [-0.15, -0.1) is 0 Å². The van der Waals surface area contributed by atoms with E-state index in [1.54, 1.807) is 0 Å². The molecule has 23 heavy (non-hydrogen) atoms. The number of piperazine rings is 1. The summed E-state index contributed by atoms with van der Waals surface area (Å²) >= 11 is 0. The molecular formula is C18H28N4O. The van der Waals surface area contributed by atoms with Crippen LogP contribution in [-0.4, -0.2) is 47.0 Å². The van der Waals surface area contributed by atoms with Crippen molar-refractivity contribution >= 4 is 11.7 Å². The maximum absolute atomic E-state index is 12.3. The molecule has 0 aliphatic carbocycles. The highest BCUT2D eigenvalue weighted by Gasteiger charge is 2.23. The highest BCUT2D eigenvalue weighted by Crippen LogP contribution is 2.19. The van der Waals surface area contributed by atoms with Gasteiger partial charge in [0.05, 0.1) is 0 Å². The lowest BCUT2D eigenvalue weighted by molar-refractivity contribution is -0.127. The minimum Gasteiger partial charge on any atom is -0.353 e. The minimum absolute atomic E-state index is 0.160. The van der Waals surface area contributed by atoms with E-state index in [2.05, 4.69) is 30.7 Å². The van der Waals surface area contributed by atoms with Crippen molar-refractivity contribution in [2.75, 3.05) is 31.1 Å². The fourth-order valence-electron chi connectivity index (χ4n) is 2.78. The molecule has 1 aromatic heterocycles.